The molecule has 4 rings (SSSR count). The Labute approximate surface area is 142 Å². The molecule has 0 unspecified atom stereocenters. The van der Waals surface area contributed by atoms with E-state index >= 15 is 0 Å². The molecule has 3 aromatic rings. The van der Waals surface area contributed by atoms with E-state index in [9.17, 15) is 0 Å². The topological polar surface area (TPSA) is 68.0 Å². The highest BCUT2D eigenvalue weighted by molar-refractivity contribution is 5.82. The van der Waals surface area contributed by atoms with Crippen molar-refractivity contribution in [1.82, 2.24) is 24.6 Å². The molecule has 3 aromatic heterocycles. The third kappa shape index (κ3) is 2.75. The maximum Gasteiger partial charge on any atom is 0.222 e. The summed E-state index contributed by atoms with van der Waals surface area (Å²) in [5.74, 6) is 0.692. The van der Waals surface area contributed by atoms with Crippen molar-refractivity contribution in [3.8, 4) is 0 Å². The van der Waals surface area contributed by atoms with E-state index in [2.05, 4.69) is 52.2 Å². The van der Waals surface area contributed by atoms with E-state index in [0.717, 1.165) is 41.1 Å². The second-order valence-electron chi connectivity index (χ2n) is 7.24. The fraction of sp³-hybridized carbons (Fsp3) is 0.333. The SMILES string of the molecule is CC(C)(C)CNc1ncc2c(n1)CC=C2c1ccn2nccc2n1.[HH]. The van der Waals surface area contributed by atoms with Crippen molar-refractivity contribution in [3.05, 3.63) is 53.8 Å². The van der Waals surface area contributed by atoms with Crippen LogP contribution >= 0.6 is 0 Å². The Morgan fingerprint density at radius 2 is 2.12 bits per heavy atom. The van der Waals surface area contributed by atoms with Crippen LogP contribution in [0.5, 0.6) is 0 Å². The molecule has 0 amide bonds. The van der Waals surface area contributed by atoms with Gasteiger partial charge in [0, 0.05) is 44.0 Å². The van der Waals surface area contributed by atoms with Crippen LogP contribution in [0.3, 0.4) is 0 Å². The average Bonchev–Trinajstić information content (AvgIpc) is 3.17. The molecule has 0 spiro atoms. The van der Waals surface area contributed by atoms with Gasteiger partial charge in [0.1, 0.15) is 0 Å². The standard InChI is InChI=1S/C18H20N6.H2/c1-18(2,3)11-20-17-19-10-13-12(4-5-14(13)23-17)15-7-9-24-16(22-15)6-8-21-24;/h4,6-10H,5,11H2,1-3H3,(H,19,20,23);1H. The van der Waals surface area contributed by atoms with Crippen molar-refractivity contribution in [2.24, 2.45) is 5.41 Å². The number of nitrogens with zero attached hydrogens (tertiary/aromatic N) is 5. The molecule has 24 heavy (non-hydrogen) atoms. The zero-order valence-corrected chi connectivity index (χ0v) is 14.1. The molecule has 0 fully saturated rings. The van der Waals surface area contributed by atoms with Crippen LogP contribution in [0, 0.1) is 5.41 Å². The Morgan fingerprint density at radius 1 is 1.25 bits per heavy atom. The van der Waals surface area contributed by atoms with Gasteiger partial charge in [-0.1, -0.05) is 26.8 Å². The van der Waals surface area contributed by atoms with Crippen molar-refractivity contribution in [2.45, 2.75) is 27.2 Å². The number of allylic oxidation sites excluding steroid dienone is 1. The Hall–Kier alpha value is -2.76. The first-order chi connectivity index (χ1) is 11.5. The quantitative estimate of drug-likeness (QED) is 0.802. The lowest BCUT2D eigenvalue weighted by Gasteiger charge is -2.18. The highest BCUT2D eigenvalue weighted by atomic mass is 15.2. The van der Waals surface area contributed by atoms with E-state index in [0.29, 0.717) is 5.95 Å². The molecule has 0 saturated carbocycles. The predicted molar refractivity (Wildman–Crippen MR) is 95.9 cm³/mol. The maximum absolute atomic E-state index is 4.67. The second kappa shape index (κ2) is 5.40. The van der Waals surface area contributed by atoms with Gasteiger partial charge in [-0.15, -0.1) is 0 Å². The lowest BCUT2D eigenvalue weighted by Crippen LogP contribution is -2.20. The molecule has 0 radical (unpaired) electrons. The van der Waals surface area contributed by atoms with Crippen molar-refractivity contribution in [1.29, 1.82) is 0 Å². The van der Waals surface area contributed by atoms with Crippen molar-refractivity contribution in [2.75, 3.05) is 11.9 Å². The summed E-state index contributed by atoms with van der Waals surface area (Å²) in [5, 5.41) is 7.50. The summed E-state index contributed by atoms with van der Waals surface area (Å²) >= 11 is 0. The van der Waals surface area contributed by atoms with E-state index in [-0.39, 0.29) is 6.84 Å². The van der Waals surface area contributed by atoms with Gasteiger partial charge in [-0.3, -0.25) is 0 Å². The molecule has 0 bridgehead atoms. The van der Waals surface area contributed by atoms with Gasteiger partial charge in [-0.2, -0.15) is 5.10 Å². The molecular weight excluding hydrogens is 300 g/mol. The zero-order valence-electron chi connectivity index (χ0n) is 14.1. The van der Waals surface area contributed by atoms with Gasteiger partial charge in [0.15, 0.2) is 5.65 Å². The first-order valence-electron chi connectivity index (χ1n) is 8.11. The van der Waals surface area contributed by atoms with E-state index in [1.807, 2.05) is 24.5 Å². The minimum atomic E-state index is 0. The molecule has 1 N–H and O–H groups in total. The smallest absolute Gasteiger partial charge is 0.222 e. The molecule has 0 aromatic carbocycles. The number of aromatic nitrogens is 5. The molecule has 0 atom stereocenters. The lowest BCUT2D eigenvalue weighted by atomic mass is 9.97. The van der Waals surface area contributed by atoms with Crippen LogP contribution in [0.2, 0.25) is 0 Å². The van der Waals surface area contributed by atoms with Gasteiger partial charge >= 0.3 is 0 Å². The molecule has 1 aliphatic rings. The van der Waals surface area contributed by atoms with Crippen molar-refractivity contribution >= 4 is 17.2 Å². The summed E-state index contributed by atoms with van der Waals surface area (Å²) in [4.78, 5) is 13.8. The first-order valence-corrected chi connectivity index (χ1v) is 8.11. The van der Waals surface area contributed by atoms with Crippen LogP contribution in [0.15, 0.2) is 36.8 Å². The normalized spacial score (nSPS) is 13.9. The number of hydrogen-bond donors (Lipinski definition) is 1. The van der Waals surface area contributed by atoms with Crippen LogP contribution in [0.1, 0.15) is 39.1 Å². The maximum atomic E-state index is 4.67. The summed E-state index contributed by atoms with van der Waals surface area (Å²) < 4.78 is 1.76. The first kappa shape index (κ1) is 14.8. The second-order valence-corrected chi connectivity index (χ2v) is 7.24. The largest absolute Gasteiger partial charge is 0.354 e. The highest BCUT2D eigenvalue weighted by Gasteiger charge is 2.20. The third-order valence-corrected chi connectivity index (χ3v) is 3.97. The average molecular weight is 322 g/mol. The lowest BCUT2D eigenvalue weighted by molar-refractivity contribution is 0.441. The highest BCUT2D eigenvalue weighted by Crippen LogP contribution is 2.31. The number of anilines is 1. The Morgan fingerprint density at radius 3 is 2.96 bits per heavy atom. The Balaban J connectivity index is 0.00000182. The summed E-state index contributed by atoms with van der Waals surface area (Å²) in [6.45, 7) is 7.40. The van der Waals surface area contributed by atoms with Crippen LogP contribution < -0.4 is 5.32 Å². The molecular formula is C18H22N6. The molecule has 1 aliphatic carbocycles. The molecule has 3 heterocycles. The fourth-order valence-corrected chi connectivity index (χ4v) is 2.74. The van der Waals surface area contributed by atoms with E-state index in [1.54, 1.807) is 10.7 Å². The molecule has 0 saturated heterocycles. The van der Waals surface area contributed by atoms with E-state index < -0.39 is 0 Å². The number of rotatable bonds is 3. The van der Waals surface area contributed by atoms with Gasteiger partial charge in [-0.05, 0) is 11.5 Å². The number of nitrogens with one attached hydrogen (secondary N) is 1. The van der Waals surface area contributed by atoms with Crippen LogP contribution in [-0.4, -0.2) is 31.1 Å². The fourth-order valence-electron chi connectivity index (χ4n) is 2.74. The summed E-state index contributed by atoms with van der Waals surface area (Å²) in [6.07, 6.45) is 8.55. The van der Waals surface area contributed by atoms with Gasteiger partial charge in [0.25, 0.3) is 0 Å². The predicted octanol–water partition coefficient (Wildman–Crippen LogP) is 3.21. The van der Waals surface area contributed by atoms with Gasteiger partial charge in [0.2, 0.25) is 5.95 Å². The summed E-state index contributed by atoms with van der Waals surface area (Å²) in [6, 6.07) is 3.88. The van der Waals surface area contributed by atoms with Crippen LogP contribution in [0.25, 0.3) is 11.2 Å². The van der Waals surface area contributed by atoms with Crippen molar-refractivity contribution < 1.29 is 1.43 Å². The molecule has 6 heteroatoms. The Kier molecular flexibility index (Phi) is 3.33. The van der Waals surface area contributed by atoms with Crippen molar-refractivity contribution in [3.63, 3.8) is 0 Å². The monoisotopic (exact) mass is 322 g/mol. The third-order valence-electron chi connectivity index (χ3n) is 3.97. The molecule has 6 nitrogen and oxygen atoms in total. The van der Waals surface area contributed by atoms with E-state index in [4.69, 9.17) is 0 Å². The van der Waals surface area contributed by atoms with Gasteiger partial charge < -0.3 is 5.32 Å². The van der Waals surface area contributed by atoms with Crippen LogP contribution in [0.4, 0.5) is 5.95 Å². The minimum Gasteiger partial charge on any atom is -0.354 e. The van der Waals surface area contributed by atoms with Gasteiger partial charge in [-0.25, -0.2) is 19.5 Å². The van der Waals surface area contributed by atoms with Crippen LogP contribution in [-0.2, 0) is 6.42 Å². The van der Waals surface area contributed by atoms with Gasteiger partial charge in [0.05, 0.1) is 17.6 Å². The minimum absolute atomic E-state index is 0. The molecule has 124 valence electrons. The number of fused-ring (bicyclic) bond motifs is 2. The molecule has 0 aliphatic heterocycles. The Bertz CT molecular complexity index is 938. The number of hydrogen-bond acceptors (Lipinski definition) is 5. The van der Waals surface area contributed by atoms with E-state index in [1.165, 1.54) is 0 Å². The summed E-state index contributed by atoms with van der Waals surface area (Å²) in [7, 11) is 0. The zero-order chi connectivity index (χ0) is 16.7. The summed E-state index contributed by atoms with van der Waals surface area (Å²) in [5.41, 5.74) is 5.17.